The molecule has 13 heteroatoms. The van der Waals surface area contributed by atoms with E-state index in [0.29, 0.717) is 68.1 Å². The van der Waals surface area contributed by atoms with Crippen LogP contribution in [-0.4, -0.2) is 98.9 Å². The highest BCUT2D eigenvalue weighted by atomic mass is 32.2. The number of nitrogens with one attached hydrogen (secondary N) is 1. The van der Waals surface area contributed by atoms with E-state index in [1.807, 2.05) is 55.1 Å². The molecule has 0 saturated carbocycles. The quantitative estimate of drug-likeness (QED) is 0.237. The number of rotatable bonds is 11. The zero-order valence-corrected chi connectivity index (χ0v) is 28.5. The van der Waals surface area contributed by atoms with Crippen molar-refractivity contribution in [1.82, 2.24) is 29.6 Å². The molecule has 2 fully saturated rings. The molecule has 2 aliphatic rings. The average molecular weight is 660 g/mol. The Morgan fingerprint density at radius 1 is 0.936 bits per heavy atom. The van der Waals surface area contributed by atoms with E-state index in [0.717, 1.165) is 42.9 Å². The summed E-state index contributed by atoms with van der Waals surface area (Å²) in [5.74, 6) is 1.94. The summed E-state index contributed by atoms with van der Waals surface area (Å²) in [6, 6.07) is 17.5. The van der Waals surface area contributed by atoms with Crippen LogP contribution in [0.1, 0.15) is 37.3 Å². The fourth-order valence-electron chi connectivity index (χ4n) is 6.35. The zero-order chi connectivity index (χ0) is 33.0. The molecule has 0 aliphatic carbocycles. The van der Waals surface area contributed by atoms with Crippen LogP contribution in [0.4, 0.5) is 17.6 Å². The van der Waals surface area contributed by atoms with Gasteiger partial charge in [0.05, 0.1) is 24.3 Å². The largest absolute Gasteiger partial charge is 0.378 e. The number of aryl methyl sites for hydroxylation is 1. The summed E-state index contributed by atoms with van der Waals surface area (Å²) in [5, 5.41) is 0. The number of aromatic nitrogens is 4. The van der Waals surface area contributed by atoms with E-state index in [4.69, 9.17) is 24.7 Å². The first-order valence-electron chi connectivity index (χ1n) is 16.4. The molecule has 0 spiro atoms. The van der Waals surface area contributed by atoms with Crippen molar-refractivity contribution in [2.24, 2.45) is 0 Å². The molecular weight excluding hydrogens is 615 g/mol. The van der Waals surface area contributed by atoms with Crippen molar-refractivity contribution >= 4 is 38.6 Å². The van der Waals surface area contributed by atoms with Gasteiger partial charge in [-0.25, -0.2) is 23.4 Å². The Morgan fingerprint density at radius 2 is 1.68 bits per heavy atom. The van der Waals surface area contributed by atoms with Gasteiger partial charge in [0.25, 0.3) is 0 Å². The van der Waals surface area contributed by atoms with Gasteiger partial charge in [-0.05, 0) is 63.5 Å². The summed E-state index contributed by atoms with van der Waals surface area (Å²) in [6.07, 6.45) is 3.42. The van der Waals surface area contributed by atoms with Crippen LogP contribution in [0.3, 0.4) is 0 Å². The summed E-state index contributed by atoms with van der Waals surface area (Å²) in [5.41, 5.74) is 3.12. The summed E-state index contributed by atoms with van der Waals surface area (Å²) in [4.78, 5) is 28.8. The minimum atomic E-state index is -3.86. The van der Waals surface area contributed by atoms with Gasteiger partial charge < -0.3 is 24.3 Å². The Kier molecular flexibility index (Phi) is 10.2. The molecule has 6 rings (SSSR count). The highest BCUT2D eigenvalue weighted by molar-refractivity contribution is 7.89. The number of benzene rings is 2. The van der Waals surface area contributed by atoms with Crippen molar-refractivity contribution in [2.75, 3.05) is 68.2 Å². The van der Waals surface area contributed by atoms with E-state index < -0.39 is 16.2 Å². The van der Waals surface area contributed by atoms with Gasteiger partial charge in [-0.2, -0.15) is 9.71 Å². The molecule has 2 aromatic carbocycles. The molecule has 47 heavy (non-hydrogen) atoms. The standard InChI is InChI=1S/C34H45N9O3S/c1-5-29(39-47(44,45)28-13-9-10-25(2)22-28)43(23-26-11-7-6-8-12-26)32-31-30(35-24-36-32)33(41-18-20-46-21-19-41)38-34(37-31)42-16-14-27(15-17-42)40(3)4/h6-13,22,24,27,29,39H,5,14-21,23H2,1-4H3. The number of morpholine rings is 1. The van der Waals surface area contributed by atoms with Crippen molar-refractivity contribution < 1.29 is 13.2 Å². The molecule has 1 unspecified atom stereocenters. The van der Waals surface area contributed by atoms with Gasteiger partial charge >= 0.3 is 0 Å². The lowest BCUT2D eigenvalue weighted by molar-refractivity contribution is 0.122. The number of piperidine rings is 1. The maximum absolute atomic E-state index is 13.8. The highest BCUT2D eigenvalue weighted by Crippen LogP contribution is 2.33. The number of nitrogens with zero attached hydrogens (tertiary/aromatic N) is 8. The smallest absolute Gasteiger partial charge is 0.242 e. The topological polar surface area (TPSA) is 120 Å². The second kappa shape index (κ2) is 14.5. The highest BCUT2D eigenvalue weighted by Gasteiger charge is 2.30. The third-order valence-corrected chi connectivity index (χ3v) is 10.5. The molecule has 1 N–H and O–H groups in total. The molecule has 2 aliphatic heterocycles. The molecule has 2 saturated heterocycles. The Labute approximate surface area is 277 Å². The number of hydrogen-bond donors (Lipinski definition) is 1. The third kappa shape index (κ3) is 7.48. The SMILES string of the molecule is CCC(NS(=O)(=O)c1cccc(C)c1)N(Cc1ccccc1)c1ncnc2c(N3CCOCC3)nc(N3CCC(N(C)C)CC3)nc12. The molecule has 0 amide bonds. The predicted octanol–water partition coefficient (Wildman–Crippen LogP) is 3.82. The minimum absolute atomic E-state index is 0.225. The minimum Gasteiger partial charge on any atom is -0.378 e. The second-order valence-electron chi connectivity index (χ2n) is 12.5. The summed E-state index contributed by atoms with van der Waals surface area (Å²) >= 11 is 0. The molecule has 4 aromatic rings. The van der Waals surface area contributed by atoms with Gasteiger partial charge in [0.1, 0.15) is 17.4 Å². The van der Waals surface area contributed by atoms with Gasteiger partial charge in [0.15, 0.2) is 11.6 Å². The van der Waals surface area contributed by atoms with Crippen molar-refractivity contribution in [3.05, 3.63) is 72.1 Å². The molecule has 12 nitrogen and oxygen atoms in total. The number of hydrogen-bond acceptors (Lipinski definition) is 11. The van der Waals surface area contributed by atoms with Crippen LogP contribution in [0.15, 0.2) is 65.8 Å². The zero-order valence-electron chi connectivity index (χ0n) is 27.7. The van der Waals surface area contributed by atoms with Crippen LogP contribution in [-0.2, 0) is 21.3 Å². The first-order chi connectivity index (χ1) is 22.7. The molecule has 0 radical (unpaired) electrons. The Balaban J connectivity index is 1.47. The van der Waals surface area contributed by atoms with Crippen LogP contribution in [0.25, 0.3) is 11.0 Å². The van der Waals surface area contributed by atoms with Crippen LogP contribution in [0.5, 0.6) is 0 Å². The lowest BCUT2D eigenvalue weighted by atomic mass is 10.0. The van der Waals surface area contributed by atoms with E-state index in [9.17, 15) is 8.42 Å². The fourth-order valence-corrected chi connectivity index (χ4v) is 7.73. The van der Waals surface area contributed by atoms with Crippen molar-refractivity contribution in [3.8, 4) is 0 Å². The number of ether oxygens (including phenoxy) is 1. The molecule has 2 aromatic heterocycles. The second-order valence-corrected chi connectivity index (χ2v) is 14.2. The average Bonchev–Trinajstić information content (AvgIpc) is 3.10. The lowest BCUT2D eigenvalue weighted by Crippen LogP contribution is -2.48. The Morgan fingerprint density at radius 3 is 2.36 bits per heavy atom. The summed E-state index contributed by atoms with van der Waals surface area (Å²) in [7, 11) is 0.403. The van der Waals surface area contributed by atoms with Gasteiger partial charge in [-0.15, -0.1) is 0 Å². The summed E-state index contributed by atoms with van der Waals surface area (Å²) < 4.78 is 36.2. The van der Waals surface area contributed by atoms with E-state index in [2.05, 4.69) is 33.5 Å². The molecule has 250 valence electrons. The molecule has 0 bridgehead atoms. The van der Waals surface area contributed by atoms with Crippen molar-refractivity contribution in [3.63, 3.8) is 0 Å². The van der Waals surface area contributed by atoms with E-state index >= 15 is 0 Å². The van der Waals surface area contributed by atoms with E-state index in [1.165, 1.54) is 6.33 Å². The van der Waals surface area contributed by atoms with Gasteiger partial charge in [-0.1, -0.05) is 49.4 Å². The van der Waals surface area contributed by atoms with Crippen LogP contribution < -0.4 is 19.4 Å². The third-order valence-electron chi connectivity index (χ3n) is 9.04. The first kappa shape index (κ1) is 33.0. The number of sulfonamides is 1. The van der Waals surface area contributed by atoms with Crippen LogP contribution >= 0.6 is 0 Å². The predicted molar refractivity (Wildman–Crippen MR) is 185 cm³/mol. The van der Waals surface area contributed by atoms with Gasteiger partial charge in [0, 0.05) is 38.8 Å². The van der Waals surface area contributed by atoms with Crippen LogP contribution in [0, 0.1) is 6.92 Å². The normalized spacial score (nSPS) is 17.0. The Bertz CT molecular complexity index is 1760. The maximum atomic E-state index is 13.8. The maximum Gasteiger partial charge on any atom is 0.242 e. The number of anilines is 3. The lowest BCUT2D eigenvalue weighted by Gasteiger charge is -2.36. The van der Waals surface area contributed by atoms with Crippen molar-refractivity contribution in [1.29, 1.82) is 0 Å². The molecular formula is C34H45N9O3S. The fraction of sp³-hybridized carbons (Fsp3) is 0.471. The molecule has 1 atom stereocenters. The van der Waals surface area contributed by atoms with Crippen molar-refractivity contribution in [2.45, 2.75) is 56.8 Å². The molecule has 4 heterocycles. The van der Waals surface area contributed by atoms with Crippen LogP contribution in [0.2, 0.25) is 0 Å². The van der Waals surface area contributed by atoms with Gasteiger partial charge in [0.2, 0.25) is 16.0 Å². The number of fused-ring (bicyclic) bond motifs is 1. The van der Waals surface area contributed by atoms with Gasteiger partial charge in [-0.3, -0.25) is 0 Å². The first-order valence-corrected chi connectivity index (χ1v) is 17.9. The summed E-state index contributed by atoms with van der Waals surface area (Å²) in [6.45, 7) is 8.52. The Hall–Kier alpha value is -3.91. The van der Waals surface area contributed by atoms with E-state index in [-0.39, 0.29) is 4.90 Å². The van der Waals surface area contributed by atoms with E-state index in [1.54, 1.807) is 18.2 Å². The monoisotopic (exact) mass is 659 g/mol.